The van der Waals surface area contributed by atoms with Gasteiger partial charge in [0.05, 0.1) is 22.4 Å². The number of allylic oxidation sites excluding steroid dienone is 2. The number of carbonyl (C=O) groups is 1. The van der Waals surface area contributed by atoms with Crippen molar-refractivity contribution in [2.75, 3.05) is 5.32 Å². The summed E-state index contributed by atoms with van der Waals surface area (Å²) < 4.78 is 57.5. The molecule has 2 aromatic rings. The molecule has 1 aliphatic rings. The lowest BCUT2D eigenvalue weighted by Gasteiger charge is -2.12. The third-order valence-corrected chi connectivity index (χ3v) is 4.13. The minimum Gasteiger partial charge on any atom is -0.454 e. The maximum atomic E-state index is 13.7. The first-order valence-corrected chi connectivity index (χ1v) is 8.49. The Morgan fingerprint density at radius 3 is 2.64 bits per heavy atom. The van der Waals surface area contributed by atoms with Crippen LogP contribution >= 0.6 is 11.6 Å². The summed E-state index contributed by atoms with van der Waals surface area (Å²) in [6.45, 7) is 0. The zero-order chi connectivity index (χ0) is 20.3. The quantitative estimate of drug-likeness (QED) is 0.621. The summed E-state index contributed by atoms with van der Waals surface area (Å²) in [5.74, 6) is -1.08. The number of anilines is 1. The van der Waals surface area contributed by atoms with E-state index in [1.807, 2.05) is 0 Å². The first-order chi connectivity index (χ1) is 13.2. The van der Waals surface area contributed by atoms with Crippen molar-refractivity contribution in [3.8, 4) is 11.5 Å². The van der Waals surface area contributed by atoms with Gasteiger partial charge in [-0.05, 0) is 36.8 Å². The van der Waals surface area contributed by atoms with E-state index in [9.17, 15) is 22.4 Å². The number of amides is 1. The van der Waals surface area contributed by atoms with Crippen molar-refractivity contribution in [3.05, 3.63) is 70.7 Å². The van der Waals surface area contributed by atoms with Crippen LogP contribution < -0.4 is 10.1 Å². The Kier molecular flexibility index (Phi) is 5.69. The first kappa shape index (κ1) is 19.9. The number of carbonyl (C=O) groups excluding carboxylic acids is 1. The topological polar surface area (TPSA) is 51.2 Å². The molecule has 146 valence electrons. The van der Waals surface area contributed by atoms with Gasteiger partial charge in [0.2, 0.25) is 0 Å². The second kappa shape index (κ2) is 8.02. The van der Waals surface area contributed by atoms with Gasteiger partial charge in [0, 0.05) is 6.42 Å². The van der Waals surface area contributed by atoms with E-state index < -0.39 is 23.5 Å². The van der Waals surface area contributed by atoms with Crippen molar-refractivity contribution in [1.82, 2.24) is 4.98 Å². The van der Waals surface area contributed by atoms with Gasteiger partial charge in [0.15, 0.2) is 0 Å². The minimum atomic E-state index is -4.54. The van der Waals surface area contributed by atoms with Crippen LogP contribution in [-0.2, 0) is 11.0 Å². The average Bonchev–Trinajstić information content (AvgIpc) is 2.64. The summed E-state index contributed by atoms with van der Waals surface area (Å²) in [5.41, 5.74) is -0.969. The highest BCUT2D eigenvalue weighted by Crippen LogP contribution is 2.36. The number of aromatic nitrogens is 1. The number of ether oxygens (including phenoxy) is 1. The number of halogens is 5. The molecule has 0 atom stereocenters. The normalized spacial score (nSPS) is 14.2. The molecule has 1 aliphatic carbocycles. The highest BCUT2D eigenvalue weighted by molar-refractivity contribution is 6.32. The Balaban J connectivity index is 1.72. The van der Waals surface area contributed by atoms with E-state index >= 15 is 0 Å². The molecule has 0 spiro atoms. The molecule has 1 amide bonds. The predicted octanol–water partition coefficient (Wildman–Crippen LogP) is 6.06. The molecule has 0 fully saturated rings. The SMILES string of the molecule is O=C(Nc1ccc(Oc2cc(C(F)(F)F)ccc2Cl)cn1)C1=C(F)CCC=C1. The molecule has 0 radical (unpaired) electrons. The largest absolute Gasteiger partial charge is 0.454 e. The van der Waals surface area contributed by atoms with Gasteiger partial charge in [0.25, 0.3) is 5.91 Å². The van der Waals surface area contributed by atoms with E-state index in [2.05, 4.69) is 10.3 Å². The summed E-state index contributed by atoms with van der Waals surface area (Å²) in [5, 5.41) is 2.44. The monoisotopic (exact) mass is 412 g/mol. The number of nitrogens with zero attached hydrogens (tertiary/aromatic N) is 1. The number of pyridine rings is 1. The number of rotatable bonds is 4. The number of hydrogen-bond acceptors (Lipinski definition) is 3. The summed E-state index contributed by atoms with van der Waals surface area (Å²) in [7, 11) is 0. The van der Waals surface area contributed by atoms with E-state index in [1.54, 1.807) is 6.08 Å². The van der Waals surface area contributed by atoms with Gasteiger partial charge >= 0.3 is 6.18 Å². The Morgan fingerprint density at radius 1 is 1.21 bits per heavy atom. The molecule has 1 heterocycles. The fourth-order valence-corrected chi connectivity index (χ4v) is 2.57. The molecule has 9 heteroatoms. The molecule has 0 saturated heterocycles. The predicted molar refractivity (Wildman–Crippen MR) is 95.9 cm³/mol. The van der Waals surface area contributed by atoms with Crippen LogP contribution in [-0.4, -0.2) is 10.9 Å². The summed E-state index contributed by atoms with van der Waals surface area (Å²) in [6.07, 6.45) is 0.463. The fourth-order valence-electron chi connectivity index (χ4n) is 2.42. The zero-order valence-electron chi connectivity index (χ0n) is 14.2. The van der Waals surface area contributed by atoms with Crippen molar-refractivity contribution in [1.29, 1.82) is 0 Å². The molecular formula is C19H13ClF4N2O2. The molecule has 4 nitrogen and oxygen atoms in total. The van der Waals surface area contributed by atoms with Gasteiger partial charge in [-0.25, -0.2) is 9.37 Å². The third-order valence-electron chi connectivity index (χ3n) is 3.82. The van der Waals surface area contributed by atoms with Crippen LogP contribution in [0.4, 0.5) is 23.4 Å². The first-order valence-electron chi connectivity index (χ1n) is 8.11. The molecule has 0 bridgehead atoms. The number of nitrogens with one attached hydrogen (secondary N) is 1. The summed E-state index contributed by atoms with van der Waals surface area (Å²) >= 11 is 5.88. The van der Waals surface area contributed by atoms with E-state index in [-0.39, 0.29) is 34.3 Å². The van der Waals surface area contributed by atoms with Crippen molar-refractivity contribution in [3.63, 3.8) is 0 Å². The minimum absolute atomic E-state index is 0.00289. The van der Waals surface area contributed by atoms with Crippen LogP contribution in [0.5, 0.6) is 11.5 Å². The maximum Gasteiger partial charge on any atom is 0.416 e. The third kappa shape index (κ3) is 4.69. The smallest absolute Gasteiger partial charge is 0.416 e. The van der Waals surface area contributed by atoms with Crippen molar-refractivity contribution < 1.29 is 27.1 Å². The second-order valence-corrected chi connectivity index (χ2v) is 6.25. The molecule has 1 aromatic carbocycles. The summed E-state index contributed by atoms with van der Waals surface area (Å²) in [6, 6.07) is 5.48. The van der Waals surface area contributed by atoms with E-state index in [4.69, 9.17) is 16.3 Å². The molecule has 1 aromatic heterocycles. The molecule has 0 unspecified atom stereocenters. The lowest BCUT2D eigenvalue weighted by molar-refractivity contribution is -0.137. The lowest BCUT2D eigenvalue weighted by Crippen LogP contribution is -2.16. The highest BCUT2D eigenvalue weighted by atomic mass is 35.5. The van der Waals surface area contributed by atoms with Crippen LogP contribution in [0, 0.1) is 0 Å². The van der Waals surface area contributed by atoms with Crippen LogP contribution in [0.2, 0.25) is 5.02 Å². The van der Waals surface area contributed by atoms with Gasteiger partial charge in [-0.1, -0.05) is 23.8 Å². The summed E-state index contributed by atoms with van der Waals surface area (Å²) in [4.78, 5) is 16.0. The zero-order valence-corrected chi connectivity index (χ0v) is 14.9. The highest BCUT2D eigenvalue weighted by Gasteiger charge is 2.31. The Bertz CT molecular complexity index is 953. The standard InChI is InChI=1S/C19H13ClF4N2O2/c20-14-7-5-11(19(22,23)24)9-16(14)28-12-6-8-17(25-10-12)26-18(27)13-3-1-2-4-15(13)21/h1,3,5-10H,2,4H2,(H,25,26,27). The van der Waals surface area contributed by atoms with Crippen LogP contribution in [0.15, 0.2) is 60.1 Å². The number of alkyl halides is 3. The van der Waals surface area contributed by atoms with Gasteiger partial charge in [-0.2, -0.15) is 13.2 Å². The molecule has 28 heavy (non-hydrogen) atoms. The van der Waals surface area contributed by atoms with Gasteiger partial charge in [-0.3, -0.25) is 4.79 Å². The fraction of sp³-hybridized carbons (Fsp3) is 0.158. The van der Waals surface area contributed by atoms with Crippen LogP contribution in [0.25, 0.3) is 0 Å². The van der Waals surface area contributed by atoms with Crippen LogP contribution in [0.3, 0.4) is 0 Å². The lowest BCUT2D eigenvalue weighted by atomic mass is 10.1. The second-order valence-electron chi connectivity index (χ2n) is 5.84. The molecule has 1 N–H and O–H groups in total. The van der Waals surface area contributed by atoms with Gasteiger partial charge in [0.1, 0.15) is 23.1 Å². The van der Waals surface area contributed by atoms with Gasteiger partial charge in [-0.15, -0.1) is 0 Å². The maximum absolute atomic E-state index is 13.7. The number of benzene rings is 1. The Labute approximate surface area is 162 Å². The van der Waals surface area contributed by atoms with Crippen molar-refractivity contribution in [2.45, 2.75) is 19.0 Å². The molecule has 3 rings (SSSR count). The van der Waals surface area contributed by atoms with E-state index in [0.717, 1.165) is 18.2 Å². The van der Waals surface area contributed by atoms with Gasteiger partial charge < -0.3 is 10.1 Å². The molecule has 0 aliphatic heterocycles. The average molecular weight is 413 g/mol. The Hall–Kier alpha value is -2.87. The van der Waals surface area contributed by atoms with Crippen molar-refractivity contribution in [2.24, 2.45) is 0 Å². The Morgan fingerprint density at radius 2 is 2.00 bits per heavy atom. The van der Waals surface area contributed by atoms with E-state index in [1.165, 1.54) is 24.4 Å². The van der Waals surface area contributed by atoms with E-state index in [0.29, 0.717) is 6.42 Å². The number of hydrogen-bond donors (Lipinski definition) is 1. The van der Waals surface area contributed by atoms with Crippen LogP contribution in [0.1, 0.15) is 18.4 Å². The molecule has 0 saturated carbocycles. The molecular weight excluding hydrogens is 400 g/mol. The van der Waals surface area contributed by atoms with Crippen molar-refractivity contribution >= 4 is 23.3 Å².